The van der Waals surface area contributed by atoms with E-state index in [1.165, 1.54) is 12.8 Å². The Morgan fingerprint density at radius 2 is 1.90 bits per heavy atom. The maximum Gasteiger partial charge on any atom is 0.226 e. The zero-order valence-electron chi connectivity index (χ0n) is 12.1. The van der Waals surface area contributed by atoms with E-state index in [4.69, 9.17) is 4.74 Å². The molecule has 1 aromatic rings. The highest BCUT2D eigenvalue weighted by Crippen LogP contribution is 2.25. The van der Waals surface area contributed by atoms with E-state index < -0.39 is 12.0 Å². The lowest BCUT2D eigenvalue weighted by atomic mass is 9.96. The Balaban J connectivity index is 1.95. The number of hydrogen-bond acceptors (Lipinski definition) is 3. The van der Waals surface area contributed by atoms with Gasteiger partial charge < -0.3 is 15.2 Å². The number of methoxy groups -OCH3 is 1. The Morgan fingerprint density at radius 1 is 1.30 bits per heavy atom. The third-order valence-corrected chi connectivity index (χ3v) is 4.05. The largest absolute Gasteiger partial charge is 0.497 e. The van der Waals surface area contributed by atoms with E-state index >= 15 is 0 Å². The standard InChI is InChI=1S/C16H23NO3/c1-11(16(19)17-13-5-3-4-6-13)15(18)12-7-9-14(20-2)10-8-12/h7-11,13,15,18H,3-6H2,1-2H3,(H,17,19)/t11-,15-/m0/s1. The molecular weight excluding hydrogens is 254 g/mol. The van der Waals surface area contributed by atoms with E-state index in [1.807, 2.05) is 0 Å². The summed E-state index contributed by atoms with van der Waals surface area (Å²) in [5, 5.41) is 13.3. The highest BCUT2D eigenvalue weighted by molar-refractivity contribution is 5.79. The zero-order valence-corrected chi connectivity index (χ0v) is 12.1. The van der Waals surface area contributed by atoms with Crippen molar-refractivity contribution < 1.29 is 14.6 Å². The highest BCUT2D eigenvalue weighted by atomic mass is 16.5. The van der Waals surface area contributed by atoms with Crippen LogP contribution in [0, 0.1) is 5.92 Å². The van der Waals surface area contributed by atoms with Gasteiger partial charge in [-0.15, -0.1) is 0 Å². The number of aliphatic hydroxyl groups excluding tert-OH is 1. The predicted molar refractivity (Wildman–Crippen MR) is 77.5 cm³/mol. The molecule has 1 saturated carbocycles. The Hall–Kier alpha value is -1.55. The van der Waals surface area contributed by atoms with Crippen LogP contribution in [-0.4, -0.2) is 24.2 Å². The van der Waals surface area contributed by atoms with Gasteiger partial charge in [0.1, 0.15) is 5.75 Å². The number of amides is 1. The molecule has 0 saturated heterocycles. The lowest BCUT2D eigenvalue weighted by Gasteiger charge is -2.21. The van der Waals surface area contributed by atoms with E-state index in [9.17, 15) is 9.90 Å². The van der Waals surface area contributed by atoms with E-state index in [2.05, 4.69) is 5.32 Å². The average molecular weight is 277 g/mol. The molecule has 1 aliphatic rings. The average Bonchev–Trinajstić information content (AvgIpc) is 2.98. The zero-order chi connectivity index (χ0) is 14.5. The van der Waals surface area contributed by atoms with Crippen molar-refractivity contribution in [2.24, 2.45) is 5.92 Å². The first kappa shape index (κ1) is 14.9. The molecule has 1 fully saturated rings. The molecule has 1 aromatic carbocycles. The molecule has 0 aromatic heterocycles. The van der Waals surface area contributed by atoms with Gasteiger partial charge in [0, 0.05) is 6.04 Å². The molecule has 4 heteroatoms. The second kappa shape index (κ2) is 6.75. The van der Waals surface area contributed by atoms with Crippen LogP contribution in [0.3, 0.4) is 0 Å². The summed E-state index contributed by atoms with van der Waals surface area (Å²) in [5.74, 6) is 0.216. The molecule has 110 valence electrons. The van der Waals surface area contributed by atoms with E-state index in [0.717, 1.165) is 24.2 Å². The molecule has 4 nitrogen and oxygen atoms in total. The molecule has 2 N–H and O–H groups in total. The van der Waals surface area contributed by atoms with Gasteiger partial charge in [0.15, 0.2) is 0 Å². The first-order valence-corrected chi connectivity index (χ1v) is 7.24. The molecule has 1 amide bonds. The SMILES string of the molecule is COc1ccc([C@@H](O)[C@H](C)C(=O)NC2CCCC2)cc1. The second-order valence-electron chi connectivity index (χ2n) is 5.50. The van der Waals surface area contributed by atoms with E-state index in [-0.39, 0.29) is 11.9 Å². The lowest BCUT2D eigenvalue weighted by molar-refractivity contribution is -0.128. The minimum Gasteiger partial charge on any atom is -0.497 e. The Labute approximate surface area is 120 Å². The van der Waals surface area contributed by atoms with Crippen LogP contribution < -0.4 is 10.1 Å². The van der Waals surface area contributed by atoms with Gasteiger partial charge in [-0.2, -0.15) is 0 Å². The number of aliphatic hydroxyl groups is 1. The maximum absolute atomic E-state index is 12.1. The fourth-order valence-electron chi connectivity index (χ4n) is 2.64. The topological polar surface area (TPSA) is 58.6 Å². The van der Waals surface area contributed by atoms with Gasteiger partial charge in [-0.1, -0.05) is 31.9 Å². The maximum atomic E-state index is 12.1. The van der Waals surface area contributed by atoms with Crippen molar-refractivity contribution in [1.82, 2.24) is 5.32 Å². The van der Waals surface area contributed by atoms with Crippen LogP contribution in [0.1, 0.15) is 44.3 Å². The third kappa shape index (κ3) is 3.51. The van der Waals surface area contributed by atoms with Crippen LogP contribution >= 0.6 is 0 Å². The first-order valence-electron chi connectivity index (χ1n) is 7.24. The smallest absolute Gasteiger partial charge is 0.226 e. The summed E-state index contributed by atoms with van der Waals surface area (Å²) >= 11 is 0. The summed E-state index contributed by atoms with van der Waals surface area (Å²) in [6.45, 7) is 1.76. The van der Waals surface area contributed by atoms with E-state index in [0.29, 0.717) is 0 Å². The Kier molecular flexibility index (Phi) is 5.01. The van der Waals surface area contributed by atoms with Crippen LogP contribution in [-0.2, 0) is 4.79 Å². The quantitative estimate of drug-likeness (QED) is 0.869. The van der Waals surface area contributed by atoms with Crippen molar-refractivity contribution in [3.63, 3.8) is 0 Å². The molecule has 0 spiro atoms. The van der Waals surface area contributed by atoms with Crippen LogP contribution in [0.25, 0.3) is 0 Å². The minimum atomic E-state index is -0.790. The number of hydrogen-bond donors (Lipinski definition) is 2. The number of rotatable bonds is 5. The summed E-state index contributed by atoms with van der Waals surface area (Å²) < 4.78 is 5.08. The van der Waals surface area contributed by atoms with Crippen LogP contribution in [0.4, 0.5) is 0 Å². The Morgan fingerprint density at radius 3 is 2.45 bits per heavy atom. The monoisotopic (exact) mass is 277 g/mol. The summed E-state index contributed by atoms with van der Waals surface area (Å²) in [7, 11) is 1.60. The van der Waals surface area contributed by atoms with Crippen molar-refractivity contribution >= 4 is 5.91 Å². The molecule has 0 bridgehead atoms. The number of carbonyl (C=O) groups excluding carboxylic acids is 1. The summed E-state index contributed by atoms with van der Waals surface area (Å²) in [6.07, 6.45) is 3.68. The molecule has 2 rings (SSSR count). The molecule has 0 radical (unpaired) electrons. The normalized spacial score (nSPS) is 18.6. The number of benzene rings is 1. The van der Waals surface area contributed by atoms with Gasteiger partial charge in [-0.25, -0.2) is 0 Å². The first-order chi connectivity index (χ1) is 9.61. The van der Waals surface area contributed by atoms with Gasteiger partial charge in [0.2, 0.25) is 5.91 Å². The number of ether oxygens (including phenoxy) is 1. The van der Waals surface area contributed by atoms with Crippen LogP contribution in [0.2, 0.25) is 0 Å². The van der Waals surface area contributed by atoms with Gasteiger partial charge in [-0.3, -0.25) is 4.79 Å². The van der Waals surface area contributed by atoms with Gasteiger partial charge in [0.05, 0.1) is 19.1 Å². The van der Waals surface area contributed by atoms with Crippen LogP contribution in [0.5, 0.6) is 5.75 Å². The molecule has 0 aliphatic heterocycles. The summed E-state index contributed by atoms with van der Waals surface area (Å²) in [5.41, 5.74) is 0.736. The van der Waals surface area contributed by atoms with E-state index in [1.54, 1.807) is 38.3 Å². The van der Waals surface area contributed by atoms with Crippen molar-refractivity contribution in [3.05, 3.63) is 29.8 Å². The molecule has 2 atom stereocenters. The van der Waals surface area contributed by atoms with Crippen LogP contribution in [0.15, 0.2) is 24.3 Å². The number of carbonyl (C=O) groups is 1. The molecule has 1 aliphatic carbocycles. The molecule has 0 unspecified atom stereocenters. The molecule has 0 heterocycles. The number of nitrogens with one attached hydrogen (secondary N) is 1. The van der Waals surface area contributed by atoms with Gasteiger partial charge in [-0.05, 0) is 30.5 Å². The van der Waals surface area contributed by atoms with Crippen molar-refractivity contribution in [2.45, 2.75) is 44.8 Å². The second-order valence-corrected chi connectivity index (χ2v) is 5.50. The fourth-order valence-corrected chi connectivity index (χ4v) is 2.64. The lowest BCUT2D eigenvalue weighted by Crippen LogP contribution is -2.38. The fraction of sp³-hybridized carbons (Fsp3) is 0.562. The molecular formula is C16H23NO3. The molecule has 20 heavy (non-hydrogen) atoms. The summed E-state index contributed by atoms with van der Waals surface area (Å²) in [4.78, 5) is 12.1. The highest BCUT2D eigenvalue weighted by Gasteiger charge is 2.26. The van der Waals surface area contributed by atoms with Crippen molar-refractivity contribution in [2.75, 3.05) is 7.11 Å². The predicted octanol–water partition coefficient (Wildman–Crippen LogP) is 2.42. The minimum absolute atomic E-state index is 0.0692. The van der Waals surface area contributed by atoms with Gasteiger partial charge >= 0.3 is 0 Å². The third-order valence-electron chi connectivity index (χ3n) is 4.05. The summed E-state index contributed by atoms with van der Waals surface area (Å²) in [6, 6.07) is 7.46. The van der Waals surface area contributed by atoms with Crippen molar-refractivity contribution in [1.29, 1.82) is 0 Å². The Bertz CT molecular complexity index is 438. The van der Waals surface area contributed by atoms with Crippen molar-refractivity contribution in [3.8, 4) is 5.75 Å². The van der Waals surface area contributed by atoms with Gasteiger partial charge in [0.25, 0.3) is 0 Å².